The molecule has 1 aromatic heterocycles. The molecule has 1 atom stereocenters. The van der Waals surface area contributed by atoms with Crippen molar-refractivity contribution in [3.63, 3.8) is 0 Å². The summed E-state index contributed by atoms with van der Waals surface area (Å²) in [5, 5.41) is 4.44. The number of hydrogen-bond acceptors (Lipinski definition) is 4. The highest BCUT2D eigenvalue weighted by molar-refractivity contribution is 7.15. The Morgan fingerprint density at radius 3 is 2.67 bits per heavy atom. The molecule has 1 N–H and O–H groups in total. The molecule has 0 bridgehead atoms. The van der Waals surface area contributed by atoms with E-state index in [0.717, 1.165) is 5.92 Å². The second-order valence-electron chi connectivity index (χ2n) is 5.58. The third-order valence-corrected chi connectivity index (χ3v) is 5.48. The molecular formula is C14H25N3S. The summed E-state index contributed by atoms with van der Waals surface area (Å²) in [5.74, 6) is 0.908. The maximum atomic E-state index is 4.58. The molecule has 1 aliphatic carbocycles. The van der Waals surface area contributed by atoms with E-state index in [9.17, 15) is 0 Å². The third kappa shape index (κ3) is 3.04. The second kappa shape index (κ2) is 6.02. The van der Waals surface area contributed by atoms with Gasteiger partial charge in [0.25, 0.3) is 0 Å². The lowest BCUT2D eigenvalue weighted by atomic mass is 9.87. The molecule has 1 aromatic rings. The monoisotopic (exact) mass is 267 g/mol. The Hall–Kier alpha value is -0.610. The van der Waals surface area contributed by atoms with E-state index < -0.39 is 0 Å². The van der Waals surface area contributed by atoms with Gasteiger partial charge in [0.2, 0.25) is 0 Å². The van der Waals surface area contributed by atoms with E-state index >= 15 is 0 Å². The standard InChI is InChI=1S/C14H25N3S/c1-10-5-7-12(8-6-10)17(4)14-16-9-13(18-14)11(2)15-3/h9-12,15H,5-8H2,1-4H3. The smallest absolute Gasteiger partial charge is 0.185 e. The topological polar surface area (TPSA) is 28.2 Å². The van der Waals surface area contributed by atoms with Crippen LogP contribution in [-0.2, 0) is 0 Å². The van der Waals surface area contributed by atoms with Crippen molar-refractivity contribution in [2.45, 2.75) is 51.6 Å². The summed E-state index contributed by atoms with van der Waals surface area (Å²) in [4.78, 5) is 8.30. The fraction of sp³-hybridized carbons (Fsp3) is 0.786. The molecule has 1 unspecified atom stereocenters. The van der Waals surface area contributed by atoms with Crippen LogP contribution in [0.4, 0.5) is 5.13 Å². The highest BCUT2D eigenvalue weighted by Gasteiger charge is 2.23. The van der Waals surface area contributed by atoms with Gasteiger partial charge in [-0.25, -0.2) is 4.98 Å². The van der Waals surface area contributed by atoms with Gasteiger partial charge in [0, 0.05) is 30.2 Å². The Labute approximate surface area is 115 Å². The largest absolute Gasteiger partial charge is 0.348 e. The Balaban J connectivity index is 2.00. The third-order valence-electron chi connectivity index (χ3n) is 4.21. The minimum absolute atomic E-state index is 0.399. The van der Waals surface area contributed by atoms with E-state index in [1.807, 2.05) is 24.6 Å². The number of aromatic nitrogens is 1. The van der Waals surface area contributed by atoms with Crippen LogP contribution in [0.15, 0.2) is 6.20 Å². The van der Waals surface area contributed by atoms with Gasteiger partial charge in [-0.15, -0.1) is 11.3 Å². The van der Waals surface area contributed by atoms with Crippen LogP contribution in [0.25, 0.3) is 0 Å². The summed E-state index contributed by atoms with van der Waals surface area (Å²) in [7, 11) is 4.20. The molecule has 0 radical (unpaired) electrons. The maximum Gasteiger partial charge on any atom is 0.185 e. The van der Waals surface area contributed by atoms with Gasteiger partial charge in [-0.05, 0) is 45.6 Å². The molecule has 0 aromatic carbocycles. The van der Waals surface area contributed by atoms with E-state index in [1.54, 1.807) is 0 Å². The normalized spacial score (nSPS) is 26.0. The van der Waals surface area contributed by atoms with Crippen LogP contribution in [0.5, 0.6) is 0 Å². The Bertz CT molecular complexity index is 369. The number of anilines is 1. The quantitative estimate of drug-likeness (QED) is 0.906. The van der Waals surface area contributed by atoms with Crippen molar-refractivity contribution in [1.82, 2.24) is 10.3 Å². The first kappa shape index (κ1) is 13.8. The summed E-state index contributed by atoms with van der Waals surface area (Å²) in [6, 6.07) is 1.08. The zero-order chi connectivity index (χ0) is 13.1. The van der Waals surface area contributed by atoms with Crippen LogP contribution in [0, 0.1) is 5.92 Å². The molecule has 0 amide bonds. The summed E-state index contributed by atoms with van der Waals surface area (Å²) in [6.07, 6.45) is 7.37. The van der Waals surface area contributed by atoms with Crippen LogP contribution >= 0.6 is 11.3 Å². The summed E-state index contributed by atoms with van der Waals surface area (Å²) >= 11 is 1.82. The SMILES string of the molecule is CNC(C)c1cnc(N(C)C2CCC(C)CC2)s1. The molecular weight excluding hydrogens is 242 g/mol. The molecule has 1 aliphatic rings. The minimum atomic E-state index is 0.399. The zero-order valence-corrected chi connectivity index (χ0v) is 12.8. The average Bonchev–Trinajstić information content (AvgIpc) is 2.87. The number of nitrogens with zero attached hydrogens (tertiary/aromatic N) is 2. The van der Waals surface area contributed by atoms with Crippen LogP contribution in [0.2, 0.25) is 0 Å². The Kier molecular flexibility index (Phi) is 4.62. The Morgan fingerprint density at radius 2 is 2.06 bits per heavy atom. The number of hydrogen-bond donors (Lipinski definition) is 1. The maximum absolute atomic E-state index is 4.58. The molecule has 2 rings (SSSR count). The van der Waals surface area contributed by atoms with Crippen LogP contribution < -0.4 is 10.2 Å². The van der Waals surface area contributed by atoms with Gasteiger partial charge in [0.05, 0.1) is 0 Å². The van der Waals surface area contributed by atoms with Crippen LogP contribution in [0.3, 0.4) is 0 Å². The zero-order valence-electron chi connectivity index (χ0n) is 11.9. The summed E-state index contributed by atoms with van der Waals surface area (Å²) in [5.41, 5.74) is 0. The van der Waals surface area contributed by atoms with Gasteiger partial charge in [-0.3, -0.25) is 0 Å². The van der Waals surface area contributed by atoms with Gasteiger partial charge in [-0.1, -0.05) is 6.92 Å². The Morgan fingerprint density at radius 1 is 1.39 bits per heavy atom. The lowest BCUT2D eigenvalue weighted by molar-refractivity contribution is 0.340. The van der Waals surface area contributed by atoms with E-state index in [0.29, 0.717) is 12.1 Å². The van der Waals surface area contributed by atoms with E-state index in [1.165, 1.54) is 35.7 Å². The average molecular weight is 267 g/mol. The van der Waals surface area contributed by atoms with E-state index in [4.69, 9.17) is 0 Å². The van der Waals surface area contributed by atoms with Crippen molar-refractivity contribution < 1.29 is 0 Å². The fourth-order valence-corrected chi connectivity index (χ4v) is 3.58. The fourth-order valence-electron chi connectivity index (χ4n) is 2.57. The summed E-state index contributed by atoms with van der Waals surface area (Å²) < 4.78 is 0. The highest BCUT2D eigenvalue weighted by Crippen LogP contribution is 2.32. The lowest BCUT2D eigenvalue weighted by Crippen LogP contribution is -2.34. The van der Waals surface area contributed by atoms with Gasteiger partial charge in [0.1, 0.15) is 0 Å². The van der Waals surface area contributed by atoms with Gasteiger partial charge in [0.15, 0.2) is 5.13 Å². The molecule has 18 heavy (non-hydrogen) atoms. The van der Waals surface area contributed by atoms with Crippen molar-refractivity contribution in [2.24, 2.45) is 5.92 Å². The van der Waals surface area contributed by atoms with Gasteiger partial charge >= 0.3 is 0 Å². The molecule has 1 fully saturated rings. The first-order valence-corrected chi connectivity index (χ1v) is 7.79. The van der Waals surface area contributed by atoms with Crippen molar-refractivity contribution in [3.05, 3.63) is 11.1 Å². The highest BCUT2D eigenvalue weighted by atomic mass is 32.1. The molecule has 0 aliphatic heterocycles. The van der Waals surface area contributed by atoms with Crippen molar-refractivity contribution in [1.29, 1.82) is 0 Å². The molecule has 102 valence electrons. The van der Waals surface area contributed by atoms with Crippen LogP contribution in [-0.4, -0.2) is 25.1 Å². The second-order valence-corrected chi connectivity index (χ2v) is 6.62. The minimum Gasteiger partial charge on any atom is -0.348 e. The summed E-state index contributed by atoms with van der Waals surface area (Å²) in [6.45, 7) is 4.55. The molecule has 4 heteroatoms. The van der Waals surface area contributed by atoms with Gasteiger partial charge < -0.3 is 10.2 Å². The molecule has 1 heterocycles. The molecule has 3 nitrogen and oxygen atoms in total. The molecule has 1 saturated carbocycles. The molecule has 0 saturated heterocycles. The first-order chi connectivity index (χ1) is 8.61. The number of thiazole rings is 1. The van der Waals surface area contributed by atoms with Crippen molar-refractivity contribution >= 4 is 16.5 Å². The molecule has 0 spiro atoms. The predicted octanol–water partition coefficient (Wildman–Crippen LogP) is 3.44. The lowest BCUT2D eigenvalue weighted by Gasteiger charge is -2.33. The van der Waals surface area contributed by atoms with Crippen LogP contribution in [0.1, 0.15) is 50.4 Å². The van der Waals surface area contributed by atoms with Crippen molar-refractivity contribution in [2.75, 3.05) is 19.0 Å². The first-order valence-electron chi connectivity index (χ1n) is 6.97. The van der Waals surface area contributed by atoms with Gasteiger partial charge in [-0.2, -0.15) is 0 Å². The van der Waals surface area contributed by atoms with Crippen molar-refractivity contribution in [3.8, 4) is 0 Å². The van der Waals surface area contributed by atoms with E-state index in [-0.39, 0.29) is 0 Å². The predicted molar refractivity (Wildman–Crippen MR) is 79.4 cm³/mol. The van der Waals surface area contributed by atoms with E-state index in [2.05, 4.69) is 36.1 Å². The number of rotatable bonds is 4. The number of nitrogens with one attached hydrogen (secondary N) is 1.